The summed E-state index contributed by atoms with van der Waals surface area (Å²) < 4.78 is 0. The van der Waals surface area contributed by atoms with Crippen LogP contribution in [0.2, 0.25) is 0 Å². The van der Waals surface area contributed by atoms with Crippen LogP contribution in [0.3, 0.4) is 0 Å². The Bertz CT molecular complexity index is 608. The number of nitrogens with one attached hydrogen (secondary N) is 2. The van der Waals surface area contributed by atoms with E-state index in [9.17, 15) is 4.79 Å². The number of carbonyl (C=O) groups excluding carboxylic acids is 1. The predicted octanol–water partition coefficient (Wildman–Crippen LogP) is 3.31. The smallest absolute Gasteiger partial charge is 0.315 e. The molecule has 0 saturated heterocycles. The summed E-state index contributed by atoms with van der Waals surface area (Å²) in [5.41, 5.74) is 3.45. The molecule has 0 saturated carbocycles. The number of amides is 2. The van der Waals surface area contributed by atoms with Crippen LogP contribution >= 0.6 is 0 Å². The Morgan fingerprint density at radius 2 is 1.61 bits per heavy atom. The molecule has 0 bridgehead atoms. The molecule has 4 heteroatoms. The van der Waals surface area contributed by atoms with Crippen molar-refractivity contribution in [1.29, 1.82) is 0 Å². The number of benzene rings is 2. The Labute approximate surface area is 138 Å². The molecule has 0 fully saturated rings. The summed E-state index contributed by atoms with van der Waals surface area (Å²) in [5, 5.41) is 5.85. The second kappa shape index (κ2) is 8.34. The molecule has 0 aliphatic carbocycles. The SMILES string of the molecule is CC(NC(=O)NCc1ccc(CN(C)C)cc1)c1ccccc1. The Morgan fingerprint density at radius 3 is 2.22 bits per heavy atom. The minimum absolute atomic E-state index is 0.0151. The highest BCUT2D eigenvalue weighted by molar-refractivity contribution is 5.74. The second-order valence-corrected chi connectivity index (χ2v) is 6.01. The fraction of sp³-hybridized carbons (Fsp3) is 0.316. The first-order valence-corrected chi connectivity index (χ1v) is 7.86. The minimum Gasteiger partial charge on any atom is -0.334 e. The molecule has 0 aromatic heterocycles. The molecule has 0 aliphatic rings. The van der Waals surface area contributed by atoms with E-state index in [1.807, 2.05) is 51.4 Å². The highest BCUT2D eigenvalue weighted by atomic mass is 16.2. The molecule has 2 aromatic rings. The van der Waals surface area contributed by atoms with Crippen LogP contribution in [-0.4, -0.2) is 25.0 Å². The quantitative estimate of drug-likeness (QED) is 0.859. The Kier molecular flexibility index (Phi) is 6.18. The maximum atomic E-state index is 12.0. The van der Waals surface area contributed by atoms with Crippen LogP contribution in [0.15, 0.2) is 54.6 Å². The average molecular weight is 311 g/mol. The van der Waals surface area contributed by atoms with Gasteiger partial charge >= 0.3 is 6.03 Å². The van der Waals surface area contributed by atoms with E-state index < -0.39 is 0 Å². The van der Waals surface area contributed by atoms with Crippen LogP contribution in [0.25, 0.3) is 0 Å². The van der Waals surface area contributed by atoms with Crippen molar-refractivity contribution in [1.82, 2.24) is 15.5 Å². The third kappa shape index (κ3) is 5.75. The lowest BCUT2D eigenvalue weighted by Crippen LogP contribution is -2.36. The van der Waals surface area contributed by atoms with Gasteiger partial charge in [-0.2, -0.15) is 0 Å². The van der Waals surface area contributed by atoms with Crippen LogP contribution in [0.5, 0.6) is 0 Å². The van der Waals surface area contributed by atoms with E-state index in [0.29, 0.717) is 6.54 Å². The van der Waals surface area contributed by atoms with Gasteiger partial charge in [0.25, 0.3) is 0 Å². The maximum Gasteiger partial charge on any atom is 0.315 e. The van der Waals surface area contributed by atoms with Crippen molar-refractivity contribution in [2.24, 2.45) is 0 Å². The van der Waals surface area contributed by atoms with Crippen molar-refractivity contribution in [3.63, 3.8) is 0 Å². The number of nitrogens with zero attached hydrogens (tertiary/aromatic N) is 1. The summed E-state index contributed by atoms with van der Waals surface area (Å²) in [7, 11) is 4.10. The third-order valence-corrected chi connectivity index (χ3v) is 3.62. The molecular weight excluding hydrogens is 286 g/mol. The predicted molar refractivity (Wildman–Crippen MR) is 94.1 cm³/mol. The van der Waals surface area contributed by atoms with Crippen LogP contribution < -0.4 is 10.6 Å². The fourth-order valence-electron chi connectivity index (χ4n) is 2.38. The van der Waals surface area contributed by atoms with Gasteiger partial charge in [-0.15, -0.1) is 0 Å². The largest absolute Gasteiger partial charge is 0.334 e. The molecule has 0 radical (unpaired) electrons. The zero-order valence-electron chi connectivity index (χ0n) is 14.0. The highest BCUT2D eigenvalue weighted by Crippen LogP contribution is 2.11. The number of carbonyl (C=O) groups is 1. The molecule has 0 aliphatic heterocycles. The monoisotopic (exact) mass is 311 g/mol. The summed E-state index contributed by atoms with van der Waals surface area (Å²) in [6.07, 6.45) is 0. The van der Waals surface area contributed by atoms with E-state index in [2.05, 4.69) is 39.8 Å². The Morgan fingerprint density at radius 1 is 1.00 bits per heavy atom. The standard InChI is InChI=1S/C19H25N3O/c1-15(18-7-5-4-6-8-18)21-19(23)20-13-16-9-11-17(12-10-16)14-22(2)3/h4-12,15H,13-14H2,1-3H3,(H2,20,21,23). The molecule has 1 atom stereocenters. The van der Waals surface area contributed by atoms with Crippen LogP contribution in [0.4, 0.5) is 4.79 Å². The number of hydrogen-bond donors (Lipinski definition) is 2. The summed E-state index contributed by atoms with van der Waals surface area (Å²) in [4.78, 5) is 14.1. The van der Waals surface area contributed by atoms with E-state index in [-0.39, 0.29) is 12.1 Å². The van der Waals surface area contributed by atoms with E-state index in [1.165, 1.54) is 5.56 Å². The number of urea groups is 1. The normalized spacial score (nSPS) is 12.0. The Hall–Kier alpha value is -2.33. The molecule has 122 valence electrons. The maximum absolute atomic E-state index is 12.0. The lowest BCUT2D eigenvalue weighted by atomic mass is 10.1. The molecule has 0 spiro atoms. The van der Waals surface area contributed by atoms with Crippen molar-refractivity contribution in [3.8, 4) is 0 Å². The molecule has 0 heterocycles. The molecule has 4 nitrogen and oxygen atoms in total. The molecule has 23 heavy (non-hydrogen) atoms. The molecule has 2 rings (SSSR count). The lowest BCUT2D eigenvalue weighted by Gasteiger charge is -2.15. The lowest BCUT2D eigenvalue weighted by molar-refractivity contribution is 0.237. The second-order valence-electron chi connectivity index (χ2n) is 6.01. The number of hydrogen-bond acceptors (Lipinski definition) is 2. The first-order valence-electron chi connectivity index (χ1n) is 7.86. The zero-order chi connectivity index (χ0) is 16.7. The van der Waals surface area contributed by atoms with Crippen LogP contribution in [0.1, 0.15) is 29.7 Å². The number of rotatable bonds is 6. The first-order chi connectivity index (χ1) is 11.0. The van der Waals surface area contributed by atoms with E-state index >= 15 is 0 Å². The van der Waals surface area contributed by atoms with Gasteiger partial charge in [0.05, 0.1) is 6.04 Å². The van der Waals surface area contributed by atoms with Crippen molar-refractivity contribution in [3.05, 3.63) is 71.3 Å². The highest BCUT2D eigenvalue weighted by Gasteiger charge is 2.08. The van der Waals surface area contributed by atoms with Crippen LogP contribution in [0, 0.1) is 0 Å². The summed E-state index contributed by atoms with van der Waals surface area (Å²) in [6.45, 7) is 3.42. The van der Waals surface area contributed by atoms with E-state index in [0.717, 1.165) is 17.7 Å². The van der Waals surface area contributed by atoms with Crippen molar-refractivity contribution < 1.29 is 4.79 Å². The van der Waals surface area contributed by atoms with Gasteiger partial charge in [-0.25, -0.2) is 4.79 Å². The summed E-state index contributed by atoms with van der Waals surface area (Å²) in [6, 6.07) is 18.1. The molecule has 2 amide bonds. The fourth-order valence-corrected chi connectivity index (χ4v) is 2.38. The van der Waals surface area contributed by atoms with Gasteiger partial charge in [0, 0.05) is 13.1 Å². The minimum atomic E-state index is -0.154. The zero-order valence-corrected chi connectivity index (χ0v) is 14.0. The first kappa shape index (κ1) is 17.0. The third-order valence-electron chi connectivity index (χ3n) is 3.62. The van der Waals surface area contributed by atoms with Crippen molar-refractivity contribution in [2.45, 2.75) is 26.1 Å². The van der Waals surface area contributed by atoms with Gasteiger partial charge in [-0.1, -0.05) is 54.6 Å². The van der Waals surface area contributed by atoms with Crippen LogP contribution in [-0.2, 0) is 13.1 Å². The molecule has 1 unspecified atom stereocenters. The summed E-state index contributed by atoms with van der Waals surface area (Å²) >= 11 is 0. The van der Waals surface area contributed by atoms with Crippen molar-refractivity contribution in [2.75, 3.05) is 14.1 Å². The van der Waals surface area contributed by atoms with E-state index in [1.54, 1.807) is 0 Å². The molecule has 2 N–H and O–H groups in total. The van der Waals surface area contributed by atoms with Gasteiger partial charge in [-0.05, 0) is 37.7 Å². The topological polar surface area (TPSA) is 44.4 Å². The Balaban J connectivity index is 1.80. The van der Waals surface area contributed by atoms with Gasteiger partial charge in [0.1, 0.15) is 0 Å². The van der Waals surface area contributed by atoms with Gasteiger partial charge in [-0.3, -0.25) is 0 Å². The average Bonchev–Trinajstić information content (AvgIpc) is 2.54. The van der Waals surface area contributed by atoms with Gasteiger partial charge in [0.2, 0.25) is 0 Å². The van der Waals surface area contributed by atoms with Gasteiger partial charge in [0.15, 0.2) is 0 Å². The molecule has 2 aromatic carbocycles. The summed E-state index contributed by atoms with van der Waals surface area (Å²) in [5.74, 6) is 0. The van der Waals surface area contributed by atoms with Gasteiger partial charge < -0.3 is 15.5 Å². The molecular formula is C19H25N3O. The van der Waals surface area contributed by atoms with Crippen molar-refractivity contribution >= 4 is 6.03 Å². The van der Waals surface area contributed by atoms with E-state index in [4.69, 9.17) is 0 Å².